The Morgan fingerprint density at radius 2 is 1.80 bits per heavy atom. The lowest BCUT2D eigenvalue weighted by molar-refractivity contribution is 0.0497. The van der Waals surface area contributed by atoms with Crippen LogP contribution in [0.3, 0.4) is 0 Å². The quantitative estimate of drug-likeness (QED) is 0.897. The SMILES string of the molecule is CCOc1cc2c(cc1OCC)C(N)CC(C)(CC)O2. The zero-order chi connectivity index (χ0) is 14.8. The predicted molar refractivity (Wildman–Crippen MR) is 79.6 cm³/mol. The number of hydrogen-bond donors (Lipinski definition) is 1. The van der Waals surface area contributed by atoms with E-state index in [1.807, 2.05) is 26.0 Å². The van der Waals surface area contributed by atoms with E-state index >= 15 is 0 Å². The van der Waals surface area contributed by atoms with Gasteiger partial charge in [0.15, 0.2) is 11.5 Å². The van der Waals surface area contributed by atoms with Crippen LogP contribution in [-0.4, -0.2) is 18.8 Å². The van der Waals surface area contributed by atoms with Crippen LogP contribution in [0.1, 0.15) is 52.1 Å². The first-order valence-electron chi connectivity index (χ1n) is 7.41. The van der Waals surface area contributed by atoms with Gasteiger partial charge in [-0.15, -0.1) is 0 Å². The van der Waals surface area contributed by atoms with Crippen LogP contribution in [0.4, 0.5) is 0 Å². The van der Waals surface area contributed by atoms with Crippen LogP contribution < -0.4 is 19.9 Å². The first-order chi connectivity index (χ1) is 9.53. The van der Waals surface area contributed by atoms with Gasteiger partial charge in [-0.05, 0) is 33.3 Å². The minimum Gasteiger partial charge on any atom is -0.490 e. The third kappa shape index (κ3) is 2.85. The Balaban J connectivity index is 2.42. The zero-order valence-electron chi connectivity index (χ0n) is 12.9. The standard InChI is InChI=1S/C16H25NO3/c1-5-16(4)10-12(17)11-8-14(18-6-2)15(19-7-3)9-13(11)20-16/h8-9,12H,5-7,10,17H2,1-4H3. The van der Waals surface area contributed by atoms with Crippen molar-refractivity contribution >= 4 is 0 Å². The van der Waals surface area contributed by atoms with E-state index < -0.39 is 0 Å². The lowest BCUT2D eigenvalue weighted by atomic mass is 9.87. The molecule has 0 aliphatic carbocycles. The summed E-state index contributed by atoms with van der Waals surface area (Å²) >= 11 is 0. The molecule has 2 unspecified atom stereocenters. The second-order valence-corrected chi connectivity index (χ2v) is 5.42. The molecule has 1 heterocycles. The largest absolute Gasteiger partial charge is 0.490 e. The number of ether oxygens (including phenoxy) is 3. The van der Waals surface area contributed by atoms with E-state index in [4.69, 9.17) is 19.9 Å². The van der Waals surface area contributed by atoms with Crippen molar-refractivity contribution in [1.29, 1.82) is 0 Å². The van der Waals surface area contributed by atoms with Gasteiger partial charge < -0.3 is 19.9 Å². The summed E-state index contributed by atoms with van der Waals surface area (Å²) in [5, 5.41) is 0. The number of rotatable bonds is 5. The van der Waals surface area contributed by atoms with Gasteiger partial charge in [-0.25, -0.2) is 0 Å². The van der Waals surface area contributed by atoms with Gasteiger partial charge in [0, 0.05) is 24.1 Å². The second-order valence-electron chi connectivity index (χ2n) is 5.42. The topological polar surface area (TPSA) is 53.7 Å². The number of fused-ring (bicyclic) bond motifs is 1. The van der Waals surface area contributed by atoms with Crippen LogP contribution in [0.2, 0.25) is 0 Å². The fraction of sp³-hybridized carbons (Fsp3) is 0.625. The molecule has 0 saturated heterocycles. The highest BCUT2D eigenvalue weighted by atomic mass is 16.5. The number of nitrogens with two attached hydrogens (primary N) is 1. The summed E-state index contributed by atoms with van der Waals surface area (Å²) in [5.74, 6) is 2.29. The maximum absolute atomic E-state index is 6.31. The fourth-order valence-electron chi connectivity index (χ4n) is 2.57. The first kappa shape index (κ1) is 15.0. The molecule has 2 rings (SSSR count). The summed E-state index contributed by atoms with van der Waals surface area (Å²) in [7, 11) is 0. The van der Waals surface area contributed by atoms with Crippen LogP contribution in [-0.2, 0) is 0 Å². The monoisotopic (exact) mass is 279 g/mol. The lowest BCUT2D eigenvalue weighted by Crippen LogP contribution is -2.39. The van der Waals surface area contributed by atoms with Gasteiger partial charge in [-0.1, -0.05) is 6.92 Å². The van der Waals surface area contributed by atoms with Crippen LogP contribution in [0.5, 0.6) is 17.2 Å². The van der Waals surface area contributed by atoms with Gasteiger partial charge in [0.25, 0.3) is 0 Å². The van der Waals surface area contributed by atoms with Gasteiger partial charge in [0.2, 0.25) is 0 Å². The summed E-state index contributed by atoms with van der Waals surface area (Å²) in [5.41, 5.74) is 7.11. The lowest BCUT2D eigenvalue weighted by Gasteiger charge is -2.38. The highest BCUT2D eigenvalue weighted by molar-refractivity contribution is 5.53. The molecule has 0 aromatic heterocycles. The average Bonchev–Trinajstić information content (AvgIpc) is 2.41. The molecule has 1 aliphatic heterocycles. The fourth-order valence-corrected chi connectivity index (χ4v) is 2.57. The summed E-state index contributed by atoms with van der Waals surface area (Å²) in [6, 6.07) is 3.85. The van der Waals surface area contributed by atoms with Gasteiger partial charge in [0.05, 0.1) is 13.2 Å². The molecule has 2 N–H and O–H groups in total. The highest BCUT2D eigenvalue weighted by Gasteiger charge is 2.35. The van der Waals surface area contributed by atoms with Crippen molar-refractivity contribution < 1.29 is 14.2 Å². The van der Waals surface area contributed by atoms with Crippen molar-refractivity contribution in [3.63, 3.8) is 0 Å². The van der Waals surface area contributed by atoms with E-state index in [-0.39, 0.29) is 11.6 Å². The van der Waals surface area contributed by atoms with Gasteiger partial charge in [-0.3, -0.25) is 0 Å². The number of hydrogen-bond acceptors (Lipinski definition) is 4. The van der Waals surface area contributed by atoms with Crippen molar-refractivity contribution in [3.8, 4) is 17.2 Å². The van der Waals surface area contributed by atoms with Crippen molar-refractivity contribution in [3.05, 3.63) is 17.7 Å². The highest BCUT2D eigenvalue weighted by Crippen LogP contribution is 2.45. The molecule has 0 saturated carbocycles. The first-order valence-corrected chi connectivity index (χ1v) is 7.41. The van der Waals surface area contributed by atoms with E-state index in [1.54, 1.807) is 0 Å². The molecule has 20 heavy (non-hydrogen) atoms. The Labute approximate surface area is 121 Å². The van der Waals surface area contributed by atoms with Crippen molar-refractivity contribution in [2.75, 3.05) is 13.2 Å². The molecule has 1 aliphatic rings. The zero-order valence-corrected chi connectivity index (χ0v) is 12.9. The van der Waals surface area contributed by atoms with E-state index in [0.29, 0.717) is 13.2 Å². The third-order valence-electron chi connectivity index (χ3n) is 3.83. The molecule has 0 radical (unpaired) electrons. The molecule has 1 aromatic rings. The summed E-state index contributed by atoms with van der Waals surface area (Å²) in [6.07, 6.45) is 1.74. The maximum atomic E-state index is 6.31. The van der Waals surface area contributed by atoms with Gasteiger partial charge in [0.1, 0.15) is 11.4 Å². The third-order valence-corrected chi connectivity index (χ3v) is 3.83. The number of benzene rings is 1. The molecule has 4 heteroatoms. The van der Waals surface area contributed by atoms with Crippen LogP contribution in [0, 0.1) is 0 Å². The van der Waals surface area contributed by atoms with Crippen LogP contribution in [0.25, 0.3) is 0 Å². The van der Waals surface area contributed by atoms with Crippen molar-refractivity contribution in [1.82, 2.24) is 0 Å². The average molecular weight is 279 g/mol. The molecule has 0 fully saturated rings. The Morgan fingerprint density at radius 1 is 1.20 bits per heavy atom. The second kappa shape index (κ2) is 5.92. The Kier molecular flexibility index (Phi) is 4.43. The molecule has 112 valence electrons. The molecular weight excluding hydrogens is 254 g/mol. The van der Waals surface area contributed by atoms with Gasteiger partial charge in [-0.2, -0.15) is 0 Å². The normalized spacial score (nSPS) is 24.8. The molecule has 1 aromatic carbocycles. The van der Waals surface area contributed by atoms with Crippen molar-refractivity contribution in [2.24, 2.45) is 5.73 Å². The minimum absolute atomic E-state index is 0.0291. The van der Waals surface area contributed by atoms with Crippen molar-refractivity contribution in [2.45, 2.75) is 52.2 Å². The summed E-state index contributed by atoms with van der Waals surface area (Å²) < 4.78 is 17.4. The summed E-state index contributed by atoms with van der Waals surface area (Å²) in [6.45, 7) is 9.33. The molecular formula is C16H25NO3. The van der Waals surface area contributed by atoms with E-state index in [2.05, 4.69) is 13.8 Å². The predicted octanol–water partition coefficient (Wildman–Crippen LogP) is 3.44. The van der Waals surface area contributed by atoms with Crippen LogP contribution >= 0.6 is 0 Å². The molecule has 2 atom stereocenters. The smallest absolute Gasteiger partial charge is 0.164 e. The van der Waals surface area contributed by atoms with E-state index in [0.717, 1.165) is 35.7 Å². The Hall–Kier alpha value is -1.42. The molecule has 0 amide bonds. The molecule has 0 spiro atoms. The minimum atomic E-state index is -0.205. The molecule has 0 bridgehead atoms. The Bertz CT molecular complexity index is 475. The maximum Gasteiger partial charge on any atom is 0.164 e. The van der Waals surface area contributed by atoms with Gasteiger partial charge >= 0.3 is 0 Å². The van der Waals surface area contributed by atoms with E-state index in [1.165, 1.54) is 0 Å². The molecule has 4 nitrogen and oxygen atoms in total. The van der Waals surface area contributed by atoms with Crippen LogP contribution in [0.15, 0.2) is 12.1 Å². The van der Waals surface area contributed by atoms with E-state index in [9.17, 15) is 0 Å². The summed E-state index contributed by atoms with van der Waals surface area (Å²) in [4.78, 5) is 0. The Morgan fingerprint density at radius 3 is 2.35 bits per heavy atom.